The molecule has 1 aromatic carbocycles. The third kappa shape index (κ3) is 3.66. The molecule has 0 radical (unpaired) electrons. The van der Waals surface area contributed by atoms with Crippen LogP contribution < -0.4 is 10.2 Å². The van der Waals surface area contributed by atoms with Gasteiger partial charge >= 0.3 is 0 Å². The van der Waals surface area contributed by atoms with Gasteiger partial charge in [-0.2, -0.15) is 0 Å². The van der Waals surface area contributed by atoms with Gasteiger partial charge in [0, 0.05) is 0 Å². The molecule has 0 atom stereocenters. The molecule has 18 heavy (non-hydrogen) atoms. The zero-order valence-corrected chi connectivity index (χ0v) is 11.2. The van der Waals surface area contributed by atoms with Gasteiger partial charge in [0.15, 0.2) is 6.71 Å². The highest BCUT2D eigenvalue weighted by molar-refractivity contribution is 6.74. The molecule has 0 aromatic heterocycles. The second-order valence-electron chi connectivity index (χ2n) is 4.30. The summed E-state index contributed by atoms with van der Waals surface area (Å²) in [5, 5.41) is 0. The number of ether oxygens (including phenoxy) is 1. The van der Waals surface area contributed by atoms with Crippen molar-refractivity contribution in [2.45, 2.75) is 19.1 Å². The van der Waals surface area contributed by atoms with E-state index in [0.717, 1.165) is 24.8 Å². The lowest BCUT2D eigenvalue weighted by atomic mass is 9.40. The van der Waals surface area contributed by atoms with Gasteiger partial charge in [-0.05, 0) is 24.1 Å². The first-order chi connectivity index (χ1) is 8.76. The highest BCUT2D eigenvalue weighted by Crippen LogP contribution is 2.15. The zero-order valence-electron chi connectivity index (χ0n) is 11.2. The average Bonchev–Trinajstić information content (AvgIpc) is 2.39. The summed E-state index contributed by atoms with van der Waals surface area (Å²) in [5.74, 6) is 0.895. The molecule has 0 bridgehead atoms. The van der Waals surface area contributed by atoms with E-state index in [9.17, 15) is 0 Å². The van der Waals surface area contributed by atoms with Gasteiger partial charge in [0.1, 0.15) is 5.75 Å². The minimum atomic E-state index is 0.445. The Bertz CT molecular complexity index is 413. The monoisotopic (exact) mass is 240 g/mol. The predicted molar refractivity (Wildman–Crippen MR) is 82.3 cm³/mol. The van der Waals surface area contributed by atoms with Crippen molar-refractivity contribution in [3.05, 3.63) is 61.7 Å². The number of allylic oxidation sites excluding steroid dienone is 3. The van der Waals surface area contributed by atoms with Crippen LogP contribution in [-0.4, -0.2) is 13.8 Å². The van der Waals surface area contributed by atoms with Gasteiger partial charge in [-0.1, -0.05) is 42.4 Å². The van der Waals surface area contributed by atoms with E-state index < -0.39 is 0 Å². The van der Waals surface area contributed by atoms with Crippen LogP contribution in [-0.2, 0) is 6.42 Å². The smallest absolute Gasteiger partial charge is 0.183 e. The largest absolute Gasteiger partial charge is 0.497 e. The Morgan fingerprint density at radius 1 is 1.11 bits per heavy atom. The normalized spacial score (nSPS) is 9.61. The molecular weight excluding hydrogens is 219 g/mol. The van der Waals surface area contributed by atoms with Crippen molar-refractivity contribution in [2.75, 3.05) is 7.11 Å². The molecule has 1 aromatic rings. The molecule has 0 heterocycles. The maximum atomic E-state index is 5.28. The lowest BCUT2D eigenvalue weighted by Gasteiger charge is -2.16. The van der Waals surface area contributed by atoms with Crippen LogP contribution in [0.4, 0.5) is 0 Å². The van der Waals surface area contributed by atoms with Gasteiger partial charge in [0.05, 0.1) is 7.11 Å². The maximum absolute atomic E-state index is 5.28. The molecule has 0 spiro atoms. The fourth-order valence-corrected chi connectivity index (χ4v) is 2.19. The molecule has 0 N–H and O–H groups in total. The standard InChI is InChI=1S/C16H21BO/c1-5-8-14-13-15(18-4)9-10-16(14)17(11-6-2)12-7-3/h5-7,9-10,13H,1-3,8,11-12H2,4H3. The summed E-state index contributed by atoms with van der Waals surface area (Å²) in [5.41, 5.74) is 2.62. The van der Waals surface area contributed by atoms with Crippen LogP contribution in [0.2, 0.25) is 12.6 Å². The summed E-state index contributed by atoms with van der Waals surface area (Å²) >= 11 is 0. The van der Waals surface area contributed by atoms with Crippen molar-refractivity contribution in [3.8, 4) is 5.75 Å². The van der Waals surface area contributed by atoms with E-state index >= 15 is 0 Å². The minimum absolute atomic E-state index is 0.445. The fourth-order valence-electron chi connectivity index (χ4n) is 2.19. The van der Waals surface area contributed by atoms with E-state index in [4.69, 9.17) is 4.74 Å². The van der Waals surface area contributed by atoms with Gasteiger partial charge in [0.2, 0.25) is 0 Å². The third-order valence-corrected chi connectivity index (χ3v) is 3.06. The van der Waals surface area contributed by atoms with Crippen LogP contribution >= 0.6 is 0 Å². The summed E-state index contributed by atoms with van der Waals surface area (Å²) in [6.45, 7) is 11.9. The van der Waals surface area contributed by atoms with Gasteiger partial charge in [-0.15, -0.1) is 19.7 Å². The first-order valence-electron chi connectivity index (χ1n) is 6.26. The number of benzene rings is 1. The summed E-state index contributed by atoms with van der Waals surface area (Å²) in [7, 11) is 1.69. The van der Waals surface area contributed by atoms with Crippen LogP contribution in [0.15, 0.2) is 56.2 Å². The highest BCUT2D eigenvalue weighted by atomic mass is 16.5. The number of rotatable bonds is 8. The van der Waals surface area contributed by atoms with E-state index in [1.807, 2.05) is 24.3 Å². The molecule has 0 aliphatic carbocycles. The second kappa shape index (κ2) is 7.60. The van der Waals surface area contributed by atoms with E-state index in [-0.39, 0.29) is 0 Å². The lowest BCUT2D eigenvalue weighted by Crippen LogP contribution is -2.31. The first-order valence-corrected chi connectivity index (χ1v) is 6.26. The lowest BCUT2D eigenvalue weighted by molar-refractivity contribution is 0.414. The molecule has 0 aliphatic heterocycles. The Hall–Kier alpha value is -1.70. The molecule has 1 rings (SSSR count). The number of hydrogen-bond acceptors (Lipinski definition) is 1. The van der Waals surface area contributed by atoms with Crippen LogP contribution in [0, 0.1) is 0 Å². The number of hydrogen-bond donors (Lipinski definition) is 0. The topological polar surface area (TPSA) is 9.23 Å². The van der Waals surface area contributed by atoms with Gasteiger partial charge in [-0.25, -0.2) is 0 Å². The summed E-state index contributed by atoms with van der Waals surface area (Å²) in [4.78, 5) is 0. The van der Waals surface area contributed by atoms with E-state index in [0.29, 0.717) is 6.71 Å². The summed E-state index contributed by atoms with van der Waals surface area (Å²) in [6, 6.07) is 6.26. The van der Waals surface area contributed by atoms with Crippen LogP contribution in [0.3, 0.4) is 0 Å². The molecule has 0 unspecified atom stereocenters. The predicted octanol–water partition coefficient (Wildman–Crippen LogP) is 3.50. The van der Waals surface area contributed by atoms with Gasteiger partial charge < -0.3 is 4.74 Å². The van der Waals surface area contributed by atoms with Crippen LogP contribution in [0.25, 0.3) is 0 Å². The summed E-state index contributed by atoms with van der Waals surface area (Å²) in [6.07, 6.45) is 8.64. The van der Waals surface area contributed by atoms with Gasteiger partial charge in [-0.3, -0.25) is 0 Å². The highest BCUT2D eigenvalue weighted by Gasteiger charge is 2.16. The third-order valence-electron chi connectivity index (χ3n) is 3.06. The van der Waals surface area contributed by atoms with Crippen molar-refractivity contribution in [1.29, 1.82) is 0 Å². The van der Waals surface area contributed by atoms with E-state index in [2.05, 4.69) is 31.9 Å². The Morgan fingerprint density at radius 2 is 1.78 bits per heavy atom. The van der Waals surface area contributed by atoms with Crippen molar-refractivity contribution in [1.82, 2.24) is 0 Å². The Kier molecular flexibility index (Phi) is 6.06. The molecule has 94 valence electrons. The average molecular weight is 240 g/mol. The van der Waals surface area contributed by atoms with Crippen molar-refractivity contribution in [2.24, 2.45) is 0 Å². The van der Waals surface area contributed by atoms with E-state index in [1.54, 1.807) is 7.11 Å². The molecule has 0 aliphatic rings. The fraction of sp³-hybridized carbons (Fsp3) is 0.250. The van der Waals surface area contributed by atoms with Crippen LogP contribution in [0.5, 0.6) is 5.75 Å². The SMILES string of the molecule is C=CCB(CC=C)c1ccc(OC)cc1CC=C. The zero-order chi connectivity index (χ0) is 13.4. The quantitative estimate of drug-likeness (QED) is 0.499. The minimum Gasteiger partial charge on any atom is -0.497 e. The molecule has 0 amide bonds. The molecule has 0 fully saturated rings. The maximum Gasteiger partial charge on any atom is 0.183 e. The second-order valence-corrected chi connectivity index (χ2v) is 4.30. The van der Waals surface area contributed by atoms with E-state index in [1.165, 1.54) is 11.0 Å². The first kappa shape index (κ1) is 14.4. The Labute approximate surface area is 111 Å². The van der Waals surface area contributed by atoms with Crippen molar-refractivity contribution >= 4 is 12.2 Å². The Balaban J connectivity index is 3.13. The molecule has 2 heteroatoms. The molecule has 0 saturated heterocycles. The number of methoxy groups -OCH3 is 1. The summed E-state index contributed by atoms with van der Waals surface area (Å²) < 4.78 is 5.28. The van der Waals surface area contributed by atoms with Gasteiger partial charge in [0.25, 0.3) is 0 Å². The molecular formula is C16H21BO. The Morgan fingerprint density at radius 3 is 2.28 bits per heavy atom. The van der Waals surface area contributed by atoms with Crippen LogP contribution in [0.1, 0.15) is 5.56 Å². The van der Waals surface area contributed by atoms with Crippen molar-refractivity contribution in [3.63, 3.8) is 0 Å². The molecule has 1 nitrogen and oxygen atoms in total. The van der Waals surface area contributed by atoms with Crippen molar-refractivity contribution < 1.29 is 4.74 Å². The molecule has 0 saturated carbocycles.